The summed E-state index contributed by atoms with van der Waals surface area (Å²) < 4.78 is 27.6. The first kappa shape index (κ1) is 16.5. The Labute approximate surface area is 127 Å². The van der Waals surface area contributed by atoms with E-state index in [4.69, 9.17) is 0 Å². The lowest BCUT2D eigenvalue weighted by Crippen LogP contribution is -2.34. The minimum atomic E-state index is -3.53. The normalized spacial score (nSPS) is 17.3. The van der Waals surface area contributed by atoms with Crippen molar-refractivity contribution in [1.82, 2.24) is 20.2 Å². The van der Waals surface area contributed by atoms with Gasteiger partial charge in [-0.05, 0) is 38.5 Å². The SMILES string of the molecule is CC(C)CCC(C)NS(=O)(=O)c1[nH]ncc1CNC1CC1. The van der Waals surface area contributed by atoms with Crippen LogP contribution in [0.1, 0.15) is 52.0 Å². The summed E-state index contributed by atoms with van der Waals surface area (Å²) in [6.45, 7) is 6.71. The van der Waals surface area contributed by atoms with Gasteiger partial charge in [0, 0.05) is 24.2 Å². The van der Waals surface area contributed by atoms with E-state index in [2.05, 4.69) is 34.1 Å². The molecule has 120 valence electrons. The molecule has 21 heavy (non-hydrogen) atoms. The first-order valence-electron chi connectivity index (χ1n) is 7.66. The van der Waals surface area contributed by atoms with Gasteiger partial charge in [-0.2, -0.15) is 5.10 Å². The van der Waals surface area contributed by atoms with Crippen molar-refractivity contribution in [2.45, 2.75) is 70.1 Å². The zero-order valence-corrected chi connectivity index (χ0v) is 13.8. The molecule has 0 radical (unpaired) electrons. The third-order valence-electron chi connectivity index (χ3n) is 3.64. The summed E-state index contributed by atoms with van der Waals surface area (Å²) in [4.78, 5) is 0. The van der Waals surface area contributed by atoms with Crippen molar-refractivity contribution < 1.29 is 8.42 Å². The number of aromatic nitrogens is 2. The number of aromatic amines is 1. The molecule has 0 aromatic carbocycles. The fourth-order valence-electron chi connectivity index (χ4n) is 2.17. The highest BCUT2D eigenvalue weighted by atomic mass is 32.2. The van der Waals surface area contributed by atoms with Gasteiger partial charge >= 0.3 is 0 Å². The van der Waals surface area contributed by atoms with Gasteiger partial charge in [0.25, 0.3) is 10.0 Å². The van der Waals surface area contributed by atoms with Crippen molar-refractivity contribution in [2.24, 2.45) is 5.92 Å². The largest absolute Gasteiger partial charge is 0.310 e. The Kier molecular flexibility index (Phi) is 5.40. The molecule has 0 spiro atoms. The minimum Gasteiger partial charge on any atom is -0.310 e. The lowest BCUT2D eigenvalue weighted by Gasteiger charge is -2.15. The van der Waals surface area contributed by atoms with E-state index >= 15 is 0 Å². The number of hydrogen-bond donors (Lipinski definition) is 3. The molecule has 2 rings (SSSR count). The number of nitrogens with zero attached hydrogens (tertiary/aromatic N) is 1. The average Bonchev–Trinajstić information content (AvgIpc) is 3.09. The molecule has 1 atom stereocenters. The van der Waals surface area contributed by atoms with Gasteiger partial charge in [0.05, 0.1) is 6.20 Å². The number of hydrogen-bond acceptors (Lipinski definition) is 4. The topological polar surface area (TPSA) is 86.9 Å². The van der Waals surface area contributed by atoms with E-state index in [9.17, 15) is 8.42 Å². The highest BCUT2D eigenvalue weighted by Gasteiger charge is 2.25. The molecule has 0 amide bonds. The van der Waals surface area contributed by atoms with Gasteiger partial charge in [-0.3, -0.25) is 5.10 Å². The summed E-state index contributed by atoms with van der Waals surface area (Å²) in [6, 6.07) is 0.457. The third kappa shape index (κ3) is 5.09. The maximum absolute atomic E-state index is 12.4. The van der Waals surface area contributed by atoms with Crippen molar-refractivity contribution in [2.75, 3.05) is 0 Å². The number of nitrogens with one attached hydrogen (secondary N) is 3. The Morgan fingerprint density at radius 3 is 2.67 bits per heavy atom. The van der Waals surface area contributed by atoms with E-state index in [0.717, 1.165) is 12.8 Å². The molecule has 0 aliphatic heterocycles. The summed E-state index contributed by atoms with van der Waals surface area (Å²) in [6.07, 6.45) is 5.76. The van der Waals surface area contributed by atoms with Crippen LogP contribution in [0.25, 0.3) is 0 Å². The van der Waals surface area contributed by atoms with Crippen molar-refractivity contribution >= 4 is 10.0 Å². The van der Waals surface area contributed by atoms with Gasteiger partial charge in [-0.25, -0.2) is 13.1 Å². The van der Waals surface area contributed by atoms with E-state index in [1.807, 2.05) is 6.92 Å². The number of sulfonamides is 1. The monoisotopic (exact) mass is 314 g/mol. The Morgan fingerprint density at radius 1 is 1.33 bits per heavy atom. The van der Waals surface area contributed by atoms with Crippen LogP contribution in [0, 0.1) is 5.92 Å². The maximum Gasteiger partial charge on any atom is 0.258 e. The molecule has 1 fully saturated rings. The second-order valence-corrected chi connectivity index (χ2v) is 8.02. The van der Waals surface area contributed by atoms with E-state index < -0.39 is 10.0 Å². The second kappa shape index (κ2) is 6.89. The standard InChI is InChI=1S/C14H26N4O2S/c1-10(2)4-5-11(3)18-21(19,20)14-12(9-16-17-14)8-15-13-6-7-13/h9-11,13,15,18H,4-8H2,1-3H3,(H,16,17). The molecule has 1 aliphatic carbocycles. The Bertz CT molecular complexity index is 549. The second-order valence-electron chi connectivity index (χ2n) is 6.37. The fourth-order valence-corrected chi connectivity index (χ4v) is 3.57. The first-order chi connectivity index (χ1) is 9.88. The lowest BCUT2D eigenvalue weighted by atomic mass is 10.1. The highest BCUT2D eigenvalue weighted by molar-refractivity contribution is 7.89. The maximum atomic E-state index is 12.4. The number of rotatable bonds is 9. The van der Waals surface area contributed by atoms with Crippen LogP contribution < -0.4 is 10.0 Å². The minimum absolute atomic E-state index is 0.0788. The molecule has 0 saturated heterocycles. The van der Waals surface area contributed by atoms with Gasteiger partial charge in [0.15, 0.2) is 5.03 Å². The zero-order valence-electron chi connectivity index (χ0n) is 13.0. The smallest absolute Gasteiger partial charge is 0.258 e. The predicted octanol–water partition coefficient (Wildman–Crippen LogP) is 1.76. The third-order valence-corrected chi connectivity index (χ3v) is 5.24. The molecular formula is C14H26N4O2S. The van der Waals surface area contributed by atoms with Crippen molar-refractivity contribution in [3.63, 3.8) is 0 Å². The zero-order chi connectivity index (χ0) is 15.5. The lowest BCUT2D eigenvalue weighted by molar-refractivity contribution is 0.484. The molecular weight excluding hydrogens is 288 g/mol. The predicted molar refractivity (Wildman–Crippen MR) is 82.3 cm³/mol. The van der Waals surface area contributed by atoms with E-state index in [-0.39, 0.29) is 11.1 Å². The van der Waals surface area contributed by atoms with Crippen LogP contribution in [0.2, 0.25) is 0 Å². The molecule has 6 nitrogen and oxygen atoms in total. The quantitative estimate of drug-likeness (QED) is 0.648. The highest BCUT2D eigenvalue weighted by Crippen LogP contribution is 2.20. The molecule has 1 heterocycles. The van der Waals surface area contributed by atoms with Crippen LogP contribution in [-0.4, -0.2) is 30.7 Å². The summed E-state index contributed by atoms with van der Waals surface area (Å²) >= 11 is 0. The first-order valence-corrected chi connectivity index (χ1v) is 9.14. The van der Waals surface area contributed by atoms with Gasteiger partial charge in [0.1, 0.15) is 0 Å². The van der Waals surface area contributed by atoms with Crippen molar-refractivity contribution in [1.29, 1.82) is 0 Å². The number of H-pyrrole nitrogens is 1. The van der Waals surface area contributed by atoms with E-state index in [1.54, 1.807) is 6.20 Å². The van der Waals surface area contributed by atoms with E-state index in [1.165, 1.54) is 12.8 Å². The van der Waals surface area contributed by atoms with Crippen LogP contribution in [0.4, 0.5) is 0 Å². The van der Waals surface area contributed by atoms with Crippen LogP contribution in [0.5, 0.6) is 0 Å². The molecule has 1 saturated carbocycles. The average molecular weight is 314 g/mol. The molecule has 0 bridgehead atoms. The van der Waals surface area contributed by atoms with Gasteiger partial charge in [-0.1, -0.05) is 13.8 Å². The van der Waals surface area contributed by atoms with Gasteiger partial charge < -0.3 is 5.32 Å². The molecule has 3 N–H and O–H groups in total. The molecule has 1 aromatic heterocycles. The Balaban J connectivity index is 1.96. The summed E-state index contributed by atoms with van der Waals surface area (Å²) in [7, 11) is -3.53. The molecule has 1 aromatic rings. The van der Waals surface area contributed by atoms with Crippen LogP contribution >= 0.6 is 0 Å². The molecule has 1 aliphatic rings. The van der Waals surface area contributed by atoms with Gasteiger partial charge in [-0.15, -0.1) is 0 Å². The van der Waals surface area contributed by atoms with Crippen LogP contribution in [0.15, 0.2) is 11.2 Å². The molecule has 1 unspecified atom stereocenters. The van der Waals surface area contributed by atoms with Gasteiger partial charge in [0.2, 0.25) is 0 Å². The Morgan fingerprint density at radius 2 is 2.05 bits per heavy atom. The van der Waals surface area contributed by atoms with Crippen molar-refractivity contribution in [3.8, 4) is 0 Å². The molecule has 7 heteroatoms. The van der Waals surface area contributed by atoms with Crippen LogP contribution in [0.3, 0.4) is 0 Å². The van der Waals surface area contributed by atoms with E-state index in [0.29, 0.717) is 24.1 Å². The Hall–Kier alpha value is -0.920. The summed E-state index contributed by atoms with van der Waals surface area (Å²) in [5.41, 5.74) is 0.699. The van der Waals surface area contributed by atoms with Crippen LogP contribution in [-0.2, 0) is 16.6 Å². The fraction of sp³-hybridized carbons (Fsp3) is 0.786. The van der Waals surface area contributed by atoms with Crippen molar-refractivity contribution in [3.05, 3.63) is 11.8 Å². The summed E-state index contributed by atoms with van der Waals surface area (Å²) in [5, 5.41) is 10.0. The summed E-state index contributed by atoms with van der Waals surface area (Å²) in [5.74, 6) is 0.572.